The molecule has 2 aromatic rings. The molecule has 0 aliphatic carbocycles. The normalized spacial score (nSPS) is 10.4. The number of nitrogens with zero attached hydrogens (tertiary/aromatic N) is 3. The van der Waals surface area contributed by atoms with Crippen molar-refractivity contribution in [2.24, 2.45) is 7.05 Å². The molecular weight excluding hydrogens is 303 g/mol. The number of carbonyl (C=O) groups excluding carboxylic acids is 1. The van der Waals surface area contributed by atoms with Crippen LogP contribution < -0.4 is 5.32 Å². The SMILES string of the molecule is Cn1nc(Br)nc1C(=O)Nc1cccc(CF)c1. The summed E-state index contributed by atoms with van der Waals surface area (Å²) in [6, 6.07) is 6.58. The second-order valence-corrected chi connectivity index (χ2v) is 4.33. The molecule has 18 heavy (non-hydrogen) atoms. The van der Waals surface area contributed by atoms with Crippen LogP contribution in [0.5, 0.6) is 0 Å². The second-order valence-electron chi connectivity index (χ2n) is 3.62. The molecule has 7 heteroatoms. The van der Waals surface area contributed by atoms with E-state index in [2.05, 4.69) is 31.3 Å². The molecule has 0 bridgehead atoms. The summed E-state index contributed by atoms with van der Waals surface area (Å²) in [5.41, 5.74) is 1.03. The first-order valence-corrected chi connectivity index (χ1v) is 5.92. The molecule has 2 rings (SSSR count). The number of hydrogen-bond donors (Lipinski definition) is 1. The van der Waals surface area contributed by atoms with E-state index in [4.69, 9.17) is 0 Å². The molecule has 0 saturated carbocycles. The van der Waals surface area contributed by atoms with Crippen LogP contribution in [-0.2, 0) is 13.7 Å². The highest BCUT2D eigenvalue weighted by atomic mass is 79.9. The summed E-state index contributed by atoms with van der Waals surface area (Å²) in [6.07, 6.45) is 0. The lowest BCUT2D eigenvalue weighted by Gasteiger charge is -2.05. The molecule has 1 heterocycles. The lowest BCUT2D eigenvalue weighted by molar-refractivity contribution is 0.101. The van der Waals surface area contributed by atoms with Gasteiger partial charge in [-0.1, -0.05) is 12.1 Å². The van der Waals surface area contributed by atoms with Gasteiger partial charge in [0.05, 0.1) is 0 Å². The number of anilines is 1. The lowest BCUT2D eigenvalue weighted by atomic mass is 10.2. The van der Waals surface area contributed by atoms with Gasteiger partial charge in [0.1, 0.15) is 6.67 Å². The fourth-order valence-corrected chi connectivity index (χ4v) is 1.88. The fourth-order valence-electron chi connectivity index (χ4n) is 1.47. The molecule has 1 aromatic carbocycles. The van der Waals surface area contributed by atoms with Gasteiger partial charge in [0.2, 0.25) is 10.6 Å². The van der Waals surface area contributed by atoms with Crippen molar-refractivity contribution < 1.29 is 9.18 Å². The number of carbonyl (C=O) groups is 1. The Morgan fingerprint density at radius 3 is 2.94 bits per heavy atom. The van der Waals surface area contributed by atoms with E-state index in [0.29, 0.717) is 16.0 Å². The molecule has 1 N–H and O–H groups in total. The zero-order valence-corrected chi connectivity index (χ0v) is 11.1. The van der Waals surface area contributed by atoms with Gasteiger partial charge < -0.3 is 5.32 Å². The highest BCUT2D eigenvalue weighted by molar-refractivity contribution is 9.10. The zero-order chi connectivity index (χ0) is 13.1. The predicted octanol–water partition coefficient (Wildman–Crippen LogP) is 2.30. The lowest BCUT2D eigenvalue weighted by Crippen LogP contribution is -2.17. The maximum atomic E-state index is 12.5. The van der Waals surface area contributed by atoms with E-state index in [0.717, 1.165) is 0 Å². The molecule has 1 aromatic heterocycles. The van der Waals surface area contributed by atoms with Crippen LogP contribution in [0.1, 0.15) is 16.2 Å². The first-order chi connectivity index (χ1) is 8.60. The molecule has 0 saturated heterocycles. The number of hydrogen-bond acceptors (Lipinski definition) is 3. The van der Waals surface area contributed by atoms with Crippen molar-refractivity contribution in [2.45, 2.75) is 6.67 Å². The van der Waals surface area contributed by atoms with Gasteiger partial charge in [0.15, 0.2) is 0 Å². The molecule has 0 aliphatic heterocycles. The van der Waals surface area contributed by atoms with Crippen LogP contribution in [0.15, 0.2) is 29.0 Å². The van der Waals surface area contributed by atoms with Crippen molar-refractivity contribution in [3.8, 4) is 0 Å². The van der Waals surface area contributed by atoms with Crippen molar-refractivity contribution in [2.75, 3.05) is 5.32 Å². The molecule has 0 aliphatic rings. The van der Waals surface area contributed by atoms with Gasteiger partial charge >= 0.3 is 0 Å². The number of alkyl halides is 1. The van der Waals surface area contributed by atoms with Crippen LogP contribution in [0.4, 0.5) is 10.1 Å². The Kier molecular flexibility index (Phi) is 3.71. The number of aromatic nitrogens is 3. The predicted molar refractivity (Wildman–Crippen MR) is 67.9 cm³/mol. The second kappa shape index (κ2) is 5.26. The first kappa shape index (κ1) is 12.7. The highest BCUT2D eigenvalue weighted by Gasteiger charge is 2.14. The summed E-state index contributed by atoms with van der Waals surface area (Å²) < 4.78 is 14.2. The zero-order valence-electron chi connectivity index (χ0n) is 9.52. The average Bonchev–Trinajstić information content (AvgIpc) is 2.69. The number of halogens is 2. The number of rotatable bonds is 3. The van der Waals surface area contributed by atoms with Gasteiger partial charge in [-0.25, -0.2) is 9.07 Å². The van der Waals surface area contributed by atoms with Gasteiger partial charge in [-0.3, -0.25) is 4.79 Å². The van der Waals surface area contributed by atoms with Crippen LogP contribution >= 0.6 is 15.9 Å². The number of nitrogens with one attached hydrogen (secondary N) is 1. The third kappa shape index (κ3) is 2.73. The third-order valence-corrected chi connectivity index (χ3v) is 2.62. The van der Waals surface area contributed by atoms with Crippen molar-refractivity contribution in [3.05, 3.63) is 40.4 Å². The van der Waals surface area contributed by atoms with Gasteiger partial charge in [0.25, 0.3) is 5.91 Å². The minimum absolute atomic E-state index is 0.174. The third-order valence-electron chi connectivity index (χ3n) is 2.28. The Morgan fingerprint density at radius 1 is 1.56 bits per heavy atom. The van der Waals surface area contributed by atoms with Crippen LogP contribution in [0.25, 0.3) is 0 Å². The molecule has 0 atom stereocenters. The van der Waals surface area contributed by atoms with Crippen molar-refractivity contribution in [1.29, 1.82) is 0 Å². The summed E-state index contributed by atoms with van der Waals surface area (Å²) in [5.74, 6) is -0.223. The summed E-state index contributed by atoms with van der Waals surface area (Å²) in [6.45, 7) is -0.570. The van der Waals surface area contributed by atoms with E-state index in [1.54, 1.807) is 31.3 Å². The van der Waals surface area contributed by atoms with E-state index in [-0.39, 0.29) is 5.82 Å². The van der Waals surface area contributed by atoms with Crippen LogP contribution in [0, 0.1) is 0 Å². The summed E-state index contributed by atoms with van der Waals surface area (Å²) >= 11 is 3.09. The van der Waals surface area contributed by atoms with Crippen molar-refractivity contribution in [3.63, 3.8) is 0 Å². The Hall–Kier alpha value is -1.76. The van der Waals surface area contributed by atoms with Crippen molar-refractivity contribution in [1.82, 2.24) is 14.8 Å². The number of aryl methyl sites for hydroxylation is 1. The smallest absolute Gasteiger partial charge is 0.293 e. The molecule has 0 unspecified atom stereocenters. The molecule has 0 spiro atoms. The molecule has 0 fully saturated rings. The van der Waals surface area contributed by atoms with Gasteiger partial charge in [-0.2, -0.15) is 4.98 Å². The van der Waals surface area contributed by atoms with E-state index in [1.165, 1.54) is 4.68 Å². The Labute approximate surface area is 111 Å². The topological polar surface area (TPSA) is 59.8 Å². The molecule has 1 amide bonds. The fraction of sp³-hybridized carbons (Fsp3) is 0.182. The van der Waals surface area contributed by atoms with E-state index in [1.807, 2.05) is 0 Å². The molecule has 94 valence electrons. The van der Waals surface area contributed by atoms with E-state index in [9.17, 15) is 9.18 Å². The Bertz CT molecular complexity index is 584. The maximum absolute atomic E-state index is 12.5. The number of amides is 1. The Balaban J connectivity index is 2.18. The summed E-state index contributed by atoms with van der Waals surface area (Å²) in [5, 5.41) is 6.55. The van der Waals surface area contributed by atoms with Crippen molar-refractivity contribution >= 4 is 27.5 Å². The molecular formula is C11H10BrFN4O. The first-order valence-electron chi connectivity index (χ1n) is 5.13. The number of benzene rings is 1. The Morgan fingerprint density at radius 2 is 2.33 bits per heavy atom. The molecule has 5 nitrogen and oxygen atoms in total. The maximum Gasteiger partial charge on any atom is 0.293 e. The van der Waals surface area contributed by atoms with Gasteiger partial charge in [-0.15, -0.1) is 5.10 Å². The molecule has 0 radical (unpaired) electrons. The summed E-state index contributed by atoms with van der Waals surface area (Å²) in [7, 11) is 1.62. The van der Waals surface area contributed by atoms with Gasteiger partial charge in [0, 0.05) is 12.7 Å². The van der Waals surface area contributed by atoms with Gasteiger partial charge in [-0.05, 0) is 33.6 Å². The minimum Gasteiger partial charge on any atom is -0.319 e. The quantitative estimate of drug-likeness (QED) is 0.946. The van der Waals surface area contributed by atoms with Crippen LogP contribution in [0.2, 0.25) is 0 Å². The standard InChI is InChI=1S/C11H10BrFN4O/c1-17-9(15-11(12)16-17)10(18)14-8-4-2-3-7(5-8)6-13/h2-5H,6H2,1H3,(H,14,18). The highest BCUT2D eigenvalue weighted by Crippen LogP contribution is 2.13. The van der Waals surface area contributed by atoms with Crippen LogP contribution in [-0.4, -0.2) is 20.7 Å². The largest absolute Gasteiger partial charge is 0.319 e. The van der Waals surface area contributed by atoms with E-state index >= 15 is 0 Å². The monoisotopic (exact) mass is 312 g/mol. The van der Waals surface area contributed by atoms with E-state index < -0.39 is 12.6 Å². The average molecular weight is 313 g/mol. The minimum atomic E-state index is -0.570. The summed E-state index contributed by atoms with van der Waals surface area (Å²) in [4.78, 5) is 15.8. The van der Waals surface area contributed by atoms with Crippen LogP contribution in [0.3, 0.4) is 0 Å².